The SMILES string of the molecule is Cc1ccc(C2=NO[C@H](CN(Cc3ccccc3Cl)C(=O)NC(C)C)C2)cc1. The molecule has 0 radical (unpaired) electrons. The van der Waals surface area contributed by atoms with E-state index >= 15 is 0 Å². The quantitative estimate of drug-likeness (QED) is 0.761. The first kappa shape index (κ1) is 20.2. The van der Waals surface area contributed by atoms with Crippen molar-refractivity contribution in [2.45, 2.75) is 45.9 Å². The number of benzene rings is 2. The molecule has 3 rings (SSSR count). The van der Waals surface area contributed by atoms with Crippen LogP contribution < -0.4 is 5.32 Å². The molecule has 2 aromatic rings. The second kappa shape index (κ2) is 9.11. The van der Waals surface area contributed by atoms with Gasteiger partial charge in [-0.3, -0.25) is 0 Å². The Labute approximate surface area is 171 Å². The Bertz CT molecular complexity index is 849. The van der Waals surface area contributed by atoms with Gasteiger partial charge < -0.3 is 15.1 Å². The van der Waals surface area contributed by atoms with E-state index in [1.54, 1.807) is 4.90 Å². The monoisotopic (exact) mass is 399 g/mol. The highest BCUT2D eigenvalue weighted by atomic mass is 35.5. The Morgan fingerprint density at radius 2 is 1.96 bits per heavy atom. The molecule has 0 bridgehead atoms. The van der Waals surface area contributed by atoms with Gasteiger partial charge in [0.2, 0.25) is 0 Å². The summed E-state index contributed by atoms with van der Waals surface area (Å²) in [5, 5.41) is 7.85. The molecule has 1 aliphatic rings. The van der Waals surface area contributed by atoms with Crippen molar-refractivity contribution in [2.75, 3.05) is 6.54 Å². The van der Waals surface area contributed by atoms with E-state index < -0.39 is 0 Å². The van der Waals surface area contributed by atoms with Crippen molar-refractivity contribution in [3.63, 3.8) is 0 Å². The summed E-state index contributed by atoms with van der Waals surface area (Å²) >= 11 is 6.30. The minimum Gasteiger partial charge on any atom is -0.390 e. The zero-order valence-corrected chi connectivity index (χ0v) is 17.2. The maximum absolute atomic E-state index is 12.7. The van der Waals surface area contributed by atoms with Crippen LogP contribution in [-0.4, -0.2) is 35.3 Å². The van der Waals surface area contributed by atoms with Gasteiger partial charge in [-0.05, 0) is 38.0 Å². The predicted molar refractivity (Wildman–Crippen MR) is 113 cm³/mol. The predicted octanol–water partition coefficient (Wildman–Crippen LogP) is 4.76. The largest absolute Gasteiger partial charge is 0.390 e. The number of carbonyl (C=O) groups is 1. The fraction of sp³-hybridized carbons (Fsp3) is 0.364. The van der Waals surface area contributed by atoms with E-state index in [0.29, 0.717) is 24.5 Å². The summed E-state index contributed by atoms with van der Waals surface area (Å²) in [5.74, 6) is 0. The number of rotatable bonds is 6. The maximum Gasteiger partial charge on any atom is 0.318 e. The minimum atomic E-state index is -0.184. The van der Waals surface area contributed by atoms with Crippen molar-refractivity contribution >= 4 is 23.3 Å². The molecule has 0 aliphatic carbocycles. The van der Waals surface area contributed by atoms with Crippen LogP contribution in [0, 0.1) is 6.92 Å². The summed E-state index contributed by atoms with van der Waals surface area (Å²) in [7, 11) is 0. The summed E-state index contributed by atoms with van der Waals surface area (Å²) in [5.41, 5.74) is 4.07. The zero-order valence-electron chi connectivity index (χ0n) is 16.5. The van der Waals surface area contributed by atoms with Gasteiger partial charge in [-0.2, -0.15) is 0 Å². The van der Waals surface area contributed by atoms with Crippen molar-refractivity contribution in [3.8, 4) is 0 Å². The van der Waals surface area contributed by atoms with Crippen LogP contribution in [0.2, 0.25) is 5.02 Å². The van der Waals surface area contributed by atoms with Crippen LogP contribution in [0.3, 0.4) is 0 Å². The van der Waals surface area contributed by atoms with E-state index in [1.807, 2.05) is 50.2 Å². The van der Waals surface area contributed by atoms with Crippen LogP contribution >= 0.6 is 11.6 Å². The molecule has 1 atom stereocenters. The molecule has 0 unspecified atom stereocenters. The van der Waals surface area contributed by atoms with Crippen molar-refractivity contribution in [1.82, 2.24) is 10.2 Å². The molecule has 0 saturated heterocycles. The third-order valence-electron chi connectivity index (χ3n) is 4.56. The molecule has 148 valence electrons. The zero-order chi connectivity index (χ0) is 20.1. The number of halogens is 1. The fourth-order valence-corrected chi connectivity index (χ4v) is 3.27. The number of hydrogen-bond donors (Lipinski definition) is 1. The number of nitrogens with one attached hydrogen (secondary N) is 1. The lowest BCUT2D eigenvalue weighted by Gasteiger charge is -2.26. The van der Waals surface area contributed by atoms with Crippen LogP contribution in [0.25, 0.3) is 0 Å². The van der Waals surface area contributed by atoms with Crippen LogP contribution in [-0.2, 0) is 11.4 Å². The molecule has 0 saturated carbocycles. The number of hydrogen-bond acceptors (Lipinski definition) is 3. The van der Waals surface area contributed by atoms with Gasteiger partial charge in [0.1, 0.15) is 0 Å². The van der Waals surface area contributed by atoms with Crippen LogP contribution in [0.15, 0.2) is 53.7 Å². The normalized spacial score (nSPS) is 15.9. The molecule has 2 amide bonds. The minimum absolute atomic E-state index is 0.0464. The molecule has 0 aromatic heterocycles. The van der Waals surface area contributed by atoms with Crippen LogP contribution in [0.5, 0.6) is 0 Å². The summed E-state index contributed by atoms with van der Waals surface area (Å²) in [6, 6.07) is 15.7. The van der Waals surface area contributed by atoms with E-state index in [-0.39, 0.29) is 18.2 Å². The number of nitrogens with zero attached hydrogens (tertiary/aromatic N) is 2. The Morgan fingerprint density at radius 1 is 1.25 bits per heavy atom. The Hall–Kier alpha value is -2.53. The van der Waals surface area contributed by atoms with Crippen molar-refractivity contribution in [3.05, 3.63) is 70.2 Å². The molecule has 1 N–H and O–H groups in total. The molecule has 0 fully saturated rings. The lowest BCUT2D eigenvalue weighted by molar-refractivity contribution is 0.0586. The highest BCUT2D eigenvalue weighted by Gasteiger charge is 2.27. The molecule has 5 nitrogen and oxygen atoms in total. The summed E-state index contributed by atoms with van der Waals surface area (Å²) < 4.78 is 0. The van der Waals surface area contributed by atoms with E-state index in [1.165, 1.54) is 5.56 Å². The van der Waals surface area contributed by atoms with E-state index in [4.69, 9.17) is 16.4 Å². The van der Waals surface area contributed by atoms with E-state index in [0.717, 1.165) is 16.8 Å². The number of amides is 2. The van der Waals surface area contributed by atoms with E-state index in [9.17, 15) is 4.79 Å². The lowest BCUT2D eigenvalue weighted by atomic mass is 10.0. The van der Waals surface area contributed by atoms with Crippen LogP contribution in [0.4, 0.5) is 4.79 Å². The van der Waals surface area contributed by atoms with Crippen molar-refractivity contribution in [1.29, 1.82) is 0 Å². The van der Waals surface area contributed by atoms with Gasteiger partial charge in [0.15, 0.2) is 6.10 Å². The topological polar surface area (TPSA) is 53.9 Å². The number of urea groups is 1. The van der Waals surface area contributed by atoms with Gasteiger partial charge in [-0.15, -0.1) is 0 Å². The Kier molecular flexibility index (Phi) is 6.57. The van der Waals surface area contributed by atoms with Gasteiger partial charge in [0, 0.05) is 24.0 Å². The van der Waals surface area contributed by atoms with Crippen molar-refractivity contribution < 1.29 is 9.63 Å². The van der Waals surface area contributed by atoms with Gasteiger partial charge in [0.25, 0.3) is 0 Å². The third kappa shape index (κ3) is 5.26. The fourth-order valence-electron chi connectivity index (χ4n) is 3.08. The maximum atomic E-state index is 12.7. The molecule has 1 aliphatic heterocycles. The van der Waals surface area contributed by atoms with Crippen molar-refractivity contribution in [2.24, 2.45) is 5.16 Å². The summed E-state index contributed by atoms with van der Waals surface area (Å²) in [6.07, 6.45) is 0.480. The van der Waals surface area contributed by atoms with Gasteiger partial charge in [0.05, 0.1) is 12.3 Å². The molecule has 2 aromatic carbocycles. The second-order valence-electron chi connectivity index (χ2n) is 7.41. The first-order chi connectivity index (χ1) is 13.4. The second-order valence-corrected chi connectivity index (χ2v) is 7.82. The number of aryl methyl sites for hydroxylation is 1. The first-order valence-corrected chi connectivity index (χ1v) is 9.88. The molecule has 6 heteroatoms. The first-order valence-electron chi connectivity index (χ1n) is 9.51. The van der Waals surface area contributed by atoms with Gasteiger partial charge in [-0.1, -0.05) is 64.8 Å². The average molecular weight is 400 g/mol. The molecule has 0 spiro atoms. The Morgan fingerprint density at radius 3 is 2.64 bits per heavy atom. The standard InChI is InChI=1S/C22H26ClN3O2/c1-15(2)24-22(27)26(13-18-6-4-5-7-20(18)23)14-19-12-21(25-28-19)17-10-8-16(3)9-11-17/h4-11,15,19H,12-14H2,1-3H3,(H,24,27)/t19-/m0/s1. The molecular formula is C22H26ClN3O2. The number of oxime groups is 1. The number of carbonyl (C=O) groups excluding carboxylic acids is 1. The Balaban J connectivity index is 1.68. The van der Waals surface area contributed by atoms with Crippen LogP contribution in [0.1, 0.15) is 37.0 Å². The highest BCUT2D eigenvalue weighted by Crippen LogP contribution is 2.21. The summed E-state index contributed by atoms with van der Waals surface area (Å²) in [6.45, 7) is 6.78. The van der Waals surface area contributed by atoms with E-state index in [2.05, 4.69) is 29.5 Å². The van der Waals surface area contributed by atoms with Gasteiger partial charge in [-0.25, -0.2) is 4.79 Å². The molecule has 28 heavy (non-hydrogen) atoms. The smallest absolute Gasteiger partial charge is 0.318 e. The third-order valence-corrected chi connectivity index (χ3v) is 4.93. The molecular weight excluding hydrogens is 374 g/mol. The highest BCUT2D eigenvalue weighted by molar-refractivity contribution is 6.31. The lowest BCUT2D eigenvalue weighted by Crippen LogP contribution is -2.45. The summed E-state index contributed by atoms with van der Waals surface area (Å²) in [4.78, 5) is 20.1. The molecule has 1 heterocycles. The van der Waals surface area contributed by atoms with Gasteiger partial charge >= 0.3 is 6.03 Å². The average Bonchev–Trinajstić information content (AvgIpc) is 3.11.